The Morgan fingerprint density at radius 2 is 1.42 bits per heavy atom. The summed E-state index contributed by atoms with van der Waals surface area (Å²) in [5, 5.41) is 3.31. The van der Waals surface area contributed by atoms with Crippen LogP contribution >= 0.6 is 0 Å². The first kappa shape index (κ1) is 25.7. The molecule has 4 heteroatoms. The van der Waals surface area contributed by atoms with E-state index >= 15 is 0 Å². The summed E-state index contributed by atoms with van der Waals surface area (Å²) in [5.41, 5.74) is 4.41. The minimum absolute atomic E-state index is 0.0131. The summed E-state index contributed by atoms with van der Waals surface area (Å²) in [6, 6.07) is 28.0. The number of hydrogen-bond donors (Lipinski definition) is 1. The van der Waals surface area contributed by atoms with Crippen LogP contribution in [0, 0.1) is 6.92 Å². The Hall–Kier alpha value is -3.40. The fourth-order valence-corrected chi connectivity index (χ4v) is 5.03. The number of rotatable bonds is 10. The van der Waals surface area contributed by atoms with Gasteiger partial charge in [-0.25, -0.2) is 0 Å². The molecule has 0 radical (unpaired) electrons. The summed E-state index contributed by atoms with van der Waals surface area (Å²) >= 11 is 0. The predicted octanol–water partition coefficient (Wildman–Crippen LogP) is 6.02. The molecule has 1 aliphatic rings. The Balaban J connectivity index is 1.60. The van der Waals surface area contributed by atoms with E-state index in [1.54, 1.807) is 0 Å². The molecule has 0 bridgehead atoms. The lowest BCUT2D eigenvalue weighted by Gasteiger charge is -2.33. The van der Waals surface area contributed by atoms with Crippen LogP contribution in [0.2, 0.25) is 0 Å². The van der Waals surface area contributed by atoms with Gasteiger partial charge in [0, 0.05) is 25.4 Å². The molecule has 3 aromatic rings. The Morgan fingerprint density at radius 1 is 0.806 bits per heavy atom. The van der Waals surface area contributed by atoms with Gasteiger partial charge in [-0.2, -0.15) is 0 Å². The highest BCUT2D eigenvalue weighted by Gasteiger charge is 2.31. The summed E-state index contributed by atoms with van der Waals surface area (Å²) in [4.78, 5) is 29.4. The Morgan fingerprint density at radius 3 is 2.06 bits per heavy atom. The lowest BCUT2D eigenvalue weighted by Crippen LogP contribution is -2.52. The van der Waals surface area contributed by atoms with Gasteiger partial charge in [0.05, 0.1) is 0 Å². The molecule has 1 N–H and O–H groups in total. The van der Waals surface area contributed by atoms with Crippen LogP contribution in [-0.2, 0) is 29.0 Å². The molecule has 3 aromatic carbocycles. The second kappa shape index (κ2) is 13.1. The second-order valence-corrected chi connectivity index (χ2v) is 10.0. The van der Waals surface area contributed by atoms with E-state index in [9.17, 15) is 9.59 Å². The molecule has 2 amide bonds. The molecule has 0 heterocycles. The molecule has 1 aliphatic carbocycles. The summed E-state index contributed by atoms with van der Waals surface area (Å²) in [7, 11) is 0. The number of hydrogen-bond acceptors (Lipinski definition) is 2. The highest BCUT2D eigenvalue weighted by Crippen LogP contribution is 2.20. The molecule has 0 saturated heterocycles. The fraction of sp³-hybridized carbons (Fsp3) is 0.375. The van der Waals surface area contributed by atoms with E-state index < -0.39 is 6.04 Å². The second-order valence-electron chi connectivity index (χ2n) is 10.0. The zero-order chi connectivity index (χ0) is 25.2. The first-order valence-electron chi connectivity index (χ1n) is 13.3. The van der Waals surface area contributed by atoms with Crippen molar-refractivity contribution in [1.29, 1.82) is 0 Å². The lowest BCUT2D eigenvalue weighted by atomic mass is 9.94. The highest BCUT2D eigenvalue weighted by atomic mass is 16.2. The van der Waals surface area contributed by atoms with Crippen molar-refractivity contribution in [2.75, 3.05) is 0 Å². The first-order chi connectivity index (χ1) is 17.6. The summed E-state index contributed by atoms with van der Waals surface area (Å²) in [5.74, 6) is -0.0231. The number of aryl methyl sites for hydroxylation is 2. The molecule has 4 nitrogen and oxygen atoms in total. The zero-order valence-electron chi connectivity index (χ0n) is 21.4. The van der Waals surface area contributed by atoms with E-state index in [0.29, 0.717) is 25.8 Å². The van der Waals surface area contributed by atoms with Crippen LogP contribution in [0.4, 0.5) is 0 Å². The number of carbonyl (C=O) groups excluding carboxylic acids is 2. The van der Waals surface area contributed by atoms with E-state index in [1.165, 1.54) is 12.0 Å². The third-order valence-corrected chi connectivity index (χ3v) is 7.17. The third-order valence-electron chi connectivity index (χ3n) is 7.17. The first-order valence-corrected chi connectivity index (χ1v) is 13.3. The summed E-state index contributed by atoms with van der Waals surface area (Å²) < 4.78 is 0. The molecule has 0 unspecified atom stereocenters. The lowest BCUT2D eigenvalue weighted by molar-refractivity contribution is -0.141. The van der Waals surface area contributed by atoms with Gasteiger partial charge in [-0.3, -0.25) is 9.59 Å². The van der Waals surface area contributed by atoms with Crippen molar-refractivity contribution in [3.05, 3.63) is 107 Å². The van der Waals surface area contributed by atoms with E-state index in [-0.39, 0.29) is 17.9 Å². The van der Waals surface area contributed by atoms with Gasteiger partial charge in [0.15, 0.2) is 0 Å². The van der Waals surface area contributed by atoms with Crippen LogP contribution < -0.4 is 5.32 Å². The summed E-state index contributed by atoms with van der Waals surface area (Å²) in [6.07, 6.45) is 7.10. The smallest absolute Gasteiger partial charge is 0.243 e. The van der Waals surface area contributed by atoms with Crippen molar-refractivity contribution >= 4 is 11.8 Å². The topological polar surface area (TPSA) is 49.4 Å². The van der Waals surface area contributed by atoms with Gasteiger partial charge in [-0.15, -0.1) is 0 Å². The molecular formula is C32H38N2O2. The van der Waals surface area contributed by atoms with Gasteiger partial charge >= 0.3 is 0 Å². The SMILES string of the molecule is Cc1ccc(CN(C(=O)CCc2ccccc2)[C@H](Cc2ccccc2)C(=O)NC2CCCCC2)cc1. The van der Waals surface area contributed by atoms with Crippen LogP contribution in [0.25, 0.3) is 0 Å². The molecule has 4 rings (SSSR count). The zero-order valence-corrected chi connectivity index (χ0v) is 21.4. The maximum absolute atomic E-state index is 13.8. The number of benzene rings is 3. The molecule has 0 spiro atoms. The standard InChI is InChI=1S/C32H38N2O2/c1-25-17-19-28(20-18-25)24-34(31(35)22-21-26-11-5-2-6-12-26)30(23-27-13-7-3-8-14-27)32(36)33-29-15-9-4-10-16-29/h2-3,5-8,11-14,17-20,29-30H,4,9-10,15-16,21-24H2,1H3,(H,33,36)/t30-/m1/s1. The quantitative estimate of drug-likeness (QED) is 0.384. The van der Waals surface area contributed by atoms with Crippen molar-refractivity contribution in [1.82, 2.24) is 10.2 Å². The Kier molecular flexibility index (Phi) is 9.32. The number of nitrogens with one attached hydrogen (secondary N) is 1. The molecule has 1 atom stereocenters. The van der Waals surface area contributed by atoms with Gasteiger partial charge in [0.1, 0.15) is 6.04 Å². The van der Waals surface area contributed by atoms with Crippen molar-refractivity contribution in [2.24, 2.45) is 0 Å². The number of carbonyl (C=O) groups is 2. The molecule has 0 aliphatic heterocycles. The van der Waals surface area contributed by atoms with Gasteiger partial charge in [0.2, 0.25) is 11.8 Å². The van der Waals surface area contributed by atoms with Gasteiger partial charge in [-0.05, 0) is 42.9 Å². The maximum atomic E-state index is 13.8. The van der Waals surface area contributed by atoms with Crippen LogP contribution in [0.1, 0.15) is 60.8 Å². The molecule has 36 heavy (non-hydrogen) atoms. The molecule has 1 fully saturated rings. The normalized spacial score (nSPS) is 14.7. The van der Waals surface area contributed by atoms with E-state index in [2.05, 4.69) is 48.6 Å². The Labute approximate surface area is 215 Å². The largest absolute Gasteiger partial charge is 0.352 e. The fourth-order valence-electron chi connectivity index (χ4n) is 5.03. The minimum atomic E-state index is -0.557. The van der Waals surface area contributed by atoms with Crippen molar-refractivity contribution in [3.63, 3.8) is 0 Å². The van der Waals surface area contributed by atoms with Gasteiger partial charge < -0.3 is 10.2 Å². The average Bonchev–Trinajstić information content (AvgIpc) is 2.92. The van der Waals surface area contributed by atoms with Crippen molar-refractivity contribution < 1.29 is 9.59 Å². The summed E-state index contributed by atoms with van der Waals surface area (Å²) in [6.45, 7) is 2.48. The van der Waals surface area contributed by atoms with E-state index in [4.69, 9.17) is 0 Å². The van der Waals surface area contributed by atoms with Crippen molar-refractivity contribution in [3.8, 4) is 0 Å². The monoisotopic (exact) mass is 482 g/mol. The number of nitrogens with zero attached hydrogens (tertiary/aromatic N) is 1. The van der Waals surface area contributed by atoms with Crippen LogP contribution in [0.5, 0.6) is 0 Å². The molecular weight excluding hydrogens is 444 g/mol. The van der Waals surface area contributed by atoms with Crippen LogP contribution in [0.3, 0.4) is 0 Å². The molecule has 1 saturated carbocycles. The predicted molar refractivity (Wildman–Crippen MR) is 145 cm³/mol. The average molecular weight is 483 g/mol. The van der Waals surface area contributed by atoms with Gasteiger partial charge in [0.25, 0.3) is 0 Å². The van der Waals surface area contributed by atoms with Crippen molar-refractivity contribution in [2.45, 2.75) is 76.9 Å². The Bertz CT molecular complexity index is 1090. The van der Waals surface area contributed by atoms with Gasteiger partial charge in [-0.1, -0.05) is 110 Å². The number of amides is 2. The molecule has 188 valence electrons. The minimum Gasteiger partial charge on any atom is -0.352 e. The third kappa shape index (κ3) is 7.55. The molecule has 0 aromatic heterocycles. The van der Waals surface area contributed by atoms with E-state index in [1.807, 2.05) is 53.4 Å². The van der Waals surface area contributed by atoms with Crippen LogP contribution in [-0.4, -0.2) is 28.8 Å². The van der Waals surface area contributed by atoms with E-state index in [0.717, 1.165) is 42.4 Å². The highest BCUT2D eigenvalue weighted by molar-refractivity contribution is 5.88. The van der Waals surface area contributed by atoms with Crippen LogP contribution in [0.15, 0.2) is 84.9 Å². The maximum Gasteiger partial charge on any atom is 0.243 e.